The van der Waals surface area contributed by atoms with Gasteiger partial charge in [0.1, 0.15) is 0 Å². The molecule has 0 aliphatic carbocycles. The zero-order chi connectivity index (χ0) is 11.4. The predicted molar refractivity (Wildman–Crippen MR) is 53.8 cm³/mol. The maximum atomic E-state index is 10.1. The van der Waals surface area contributed by atoms with Crippen LogP contribution in [0.5, 0.6) is 0 Å². The molecule has 0 aromatic heterocycles. The highest BCUT2D eigenvalue weighted by Crippen LogP contribution is 1.86. The van der Waals surface area contributed by atoms with Gasteiger partial charge in [-0.1, -0.05) is 19.9 Å². The molecule has 4 heteroatoms. The first-order valence-corrected chi connectivity index (χ1v) is 4.42. The smallest absolute Gasteiger partial charge is 0.329 e. The van der Waals surface area contributed by atoms with Crippen LogP contribution in [-0.4, -0.2) is 25.7 Å². The second kappa shape index (κ2) is 11.7. The molecule has 0 saturated heterocycles. The standard InChI is InChI=1S/C6H12O2.C4H6O2/c1-3-4-5-8-6(2)7;1-3-4(5)6-2/h3-5H2,1-2H3;3H,1H2,2H3. The number of carbonyl (C=O) groups is 2. The van der Waals surface area contributed by atoms with Crippen LogP contribution >= 0.6 is 0 Å². The van der Waals surface area contributed by atoms with Crippen LogP contribution in [0.15, 0.2) is 12.7 Å². The Labute approximate surface area is 84.9 Å². The highest BCUT2D eigenvalue weighted by atomic mass is 16.5. The van der Waals surface area contributed by atoms with E-state index in [0.29, 0.717) is 6.61 Å². The van der Waals surface area contributed by atoms with Gasteiger partial charge in [-0.3, -0.25) is 4.79 Å². The van der Waals surface area contributed by atoms with E-state index in [1.165, 1.54) is 14.0 Å². The van der Waals surface area contributed by atoms with E-state index < -0.39 is 5.97 Å². The van der Waals surface area contributed by atoms with Gasteiger partial charge in [0, 0.05) is 13.0 Å². The molecular weight excluding hydrogens is 184 g/mol. The lowest BCUT2D eigenvalue weighted by Crippen LogP contribution is -1.99. The molecule has 0 aromatic rings. The lowest BCUT2D eigenvalue weighted by molar-refractivity contribution is -0.141. The number of methoxy groups -OCH3 is 1. The molecule has 82 valence electrons. The van der Waals surface area contributed by atoms with Gasteiger partial charge in [0.05, 0.1) is 13.7 Å². The second-order valence-electron chi connectivity index (χ2n) is 2.42. The highest BCUT2D eigenvalue weighted by Gasteiger charge is 1.88. The molecule has 0 aliphatic rings. The number of hydrogen-bond donors (Lipinski definition) is 0. The Balaban J connectivity index is 0. The van der Waals surface area contributed by atoms with Crippen molar-refractivity contribution in [3.05, 3.63) is 12.7 Å². The van der Waals surface area contributed by atoms with E-state index in [1.54, 1.807) is 0 Å². The summed E-state index contributed by atoms with van der Waals surface area (Å²) in [5, 5.41) is 0. The Bertz CT molecular complexity index is 175. The van der Waals surface area contributed by atoms with E-state index in [4.69, 9.17) is 0 Å². The molecule has 0 heterocycles. The van der Waals surface area contributed by atoms with Gasteiger partial charge < -0.3 is 9.47 Å². The molecule has 0 aromatic carbocycles. The van der Waals surface area contributed by atoms with Crippen LogP contribution in [0.2, 0.25) is 0 Å². The summed E-state index contributed by atoms with van der Waals surface area (Å²) in [4.78, 5) is 19.9. The van der Waals surface area contributed by atoms with Crippen LogP contribution in [0, 0.1) is 0 Å². The van der Waals surface area contributed by atoms with Gasteiger partial charge >= 0.3 is 11.9 Å². The molecule has 0 amide bonds. The lowest BCUT2D eigenvalue weighted by Gasteiger charge is -1.96. The topological polar surface area (TPSA) is 52.6 Å². The maximum Gasteiger partial charge on any atom is 0.329 e. The Morgan fingerprint density at radius 1 is 1.43 bits per heavy atom. The van der Waals surface area contributed by atoms with Gasteiger partial charge in [-0.15, -0.1) is 0 Å². The second-order valence-corrected chi connectivity index (χ2v) is 2.42. The number of hydrogen-bond acceptors (Lipinski definition) is 4. The lowest BCUT2D eigenvalue weighted by atomic mass is 10.4. The quantitative estimate of drug-likeness (QED) is 0.395. The first-order chi connectivity index (χ1) is 6.58. The number of esters is 2. The molecule has 0 unspecified atom stereocenters. The molecule has 0 bridgehead atoms. The summed E-state index contributed by atoms with van der Waals surface area (Å²) >= 11 is 0. The molecule has 0 aliphatic heterocycles. The normalized spacial score (nSPS) is 7.93. The molecule has 0 radical (unpaired) electrons. The molecule has 4 nitrogen and oxygen atoms in total. The molecule has 14 heavy (non-hydrogen) atoms. The zero-order valence-electron chi connectivity index (χ0n) is 9.04. The summed E-state index contributed by atoms with van der Waals surface area (Å²) in [7, 11) is 1.31. The Morgan fingerprint density at radius 2 is 2.00 bits per heavy atom. The van der Waals surface area contributed by atoms with Crippen molar-refractivity contribution < 1.29 is 19.1 Å². The first-order valence-electron chi connectivity index (χ1n) is 4.42. The fourth-order valence-corrected chi connectivity index (χ4v) is 0.444. The summed E-state index contributed by atoms with van der Waals surface area (Å²) in [6.45, 7) is 7.22. The van der Waals surface area contributed by atoms with Crippen LogP contribution in [0.4, 0.5) is 0 Å². The van der Waals surface area contributed by atoms with E-state index in [1.807, 2.05) is 0 Å². The van der Waals surface area contributed by atoms with Crippen LogP contribution in [0.25, 0.3) is 0 Å². The number of rotatable bonds is 4. The summed E-state index contributed by atoms with van der Waals surface area (Å²) in [5.41, 5.74) is 0. The van der Waals surface area contributed by atoms with Crippen LogP contribution in [0.3, 0.4) is 0 Å². The Hall–Kier alpha value is -1.32. The van der Waals surface area contributed by atoms with E-state index in [0.717, 1.165) is 18.9 Å². The molecule has 0 N–H and O–H groups in total. The highest BCUT2D eigenvalue weighted by molar-refractivity contribution is 5.80. The minimum atomic E-state index is -0.394. The third kappa shape index (κ3) is 17.0. The monoisotopic (exact) mass is 202 g/mol. The van der Waals surface area contributed by atoms with E-state index in [-0.39, 0.29) is 5.97 Å². The third-order valence-corrected chi connectivity index (χ3v) is 1.17. The van der Waals surface area contributed by atoms with Crippen LogP contribution in [0.1, 0.15) is 26.7 Å². The van der Waals surface area contributed by atoms with E-state index >= 15 is 0 Å². The van der Waals surface area contributed by atoms with Crippen LogP contribution < -0.4 is 0 Å². The zero-order valence-corrected chi connectivity index (χ0v) is 9.04. The summed E-state index contributed by atoms with van der Waals surface area (Å²) < 4.78 is 8.79. The number of carbonyl (C=O) groups excluding carboxylic acids is 2. The molecule has 0 saturated carbocycles. The molecule has 0 atom stereocenters. The largest absolute Gasteiger partial charge is 0.466 e. The molecule has 0 rings (SSSR count). The molecule has 0 fully saturated rings. The van der Waals surface area contributed by atoms with Gasteiger partial charge in [-0.25, -0.2) is 4.79 Å². The minimum Gasteiger partial charge on any atom is -0.466 e. The van der Waals surface area contributed by atoms with Gasteiger partial charge in [-0.2, -0.15) is 0 Å². The fourth-order valence-electron chi connectivity index (χ4n) is 0.444. The molecular formula is C10H18O4. The third-order valence-electron chi connectivity index (χ3n) is 1.17. The van der Waals surface area contributed by atoms with Crippen molar-refractivity contribution in [3.8, 4) is 0 Å². The summed E-state index contributed by atoms with van der Waals surface area (Å²) in [6, 6.07) is 0. The fraction of sp³-hybridized carbons (Fsp3) is 0.600. The van der Waals surface area contributed by atoms with Crippen molar-refractivity contribution in [1.29, 1.82) is 0 Å². The van der Waals surface area contributed by atoms with E-state index in [9.17, 15) is 9.59 Å². The SMILES string of the molecule is C=CC(=O)OC.CCCCOC(C)=O. The average Bonchev–Trinajstić information content (AvgIpc) is 2.17. The Morgan fingerprint density at radius 3 is 2.21 bits per heavy atom. The number of unbranched alkanes of at least 4 members (excludes halogenated alkanes) is 1. The number of ether oxygens (including phenoxy) is 2. The molecule has 0 spiro atoms. The van der Waals surface area contributed by atoms with Gasteiger partial charge in [0.25, 0.3) is 0 Å². The minimum absolute atomic E-state index is 0.182. The average molecular weight is 202 g/mol. The van der Waals surface area contributed by atoms with Crippen molar-refractivity contribution in [3.63, 3.8) is 0 Å². The predicted octanol–water partition coefficient (Wildman–Crippen LogP) is 1.70. The van der Waals surface area contributed by atoms with Crippen molar-refractivity contribution in [2.75, 3.05) is 13.7 Å². The Kier molecular flexibility index (Phi) is 12.7. The van der Waals surface area contributed by atoms with Gasteiger partial charge in [-0.05, 0) is 6.42 Å². The van der Waals surface area contributed by atoms with Crippen molar-refractivity contribution in [1.82, 2.24) is 0 Å². The van der Waals surface area contributed by atoms with Crippen molar-refractivity contribution in [2.45, 2.75) is 26.7 Å². The van der Waals surface area contributed by atoms with Gasteiger partial charge in [0.2, 0.25) is 0 Å². The summed E-state index contributed by atoms with van der Waals surface area (Å²) in [5.74, 6) is -0.576. The van der Waals surface area contributed by atoms with Crippen molar-refractivity contribution in [2.24, 2.45) is 0 Å². The first kappa shape index (κ1) is 15.2. The van der Waals surface area contributed by atoms with Crippen LogP contribution in [-0.2, 0) is 19.1 Å². The van der Waals surface area contributed by atoms with E-state index in [2.05, 4.69) is 23.0 Å². The van der Waals surface area contributed by atoms with Gasteiger partial charge in [0.15, 0.2) is 0 Å². The summed E-state index contributed by atoms with van der Waals surface area (Å²) in [6.07, 6.45) is 3.16. The van der Waals surface area contributed by atoms with Crippen molar-refractivity contribution >= 4 is 11.9 Å². The maximum absolute atomic E-state index is 10.1.